The molecule has 0 spiro atoms. The highest BCUT2D eigenvalue weighted by atomic mass is 35.5. The Morgan fingerprint density at radius 2 is 2.10 bits per heavy atom. The van der Waals surface area contributed by atoms with Crippen molar-refractivity contribution in [1.29, 1.82) is 0 Å². The second-order valence-electron chi connectivity index (χ2n) is 4.47. The zero-order chi connectivity index (χ0) is 15.0. The summed E-state index contributed by atoms with van der Waals surface area (Å²) < 4.78 is 1.80. The molecular formula is C13H10Cl2N4O2. The molecule has 6 nitrogen and oxygen atoms in total. The molecule has 3 aromatic rings. The highest BCUT2D eigenvalue weighted by Gasteiger charge is 2.16. The minimum absolute atomic E-state index is 0.0173. The van der Waals surface area contributed by atoms with E-state index in [1.165, 1.54) is 0 Å². The summed E-state index contributed by atoms with van der Waals surface area (Å²) in [6.07, 6.45) is 3.31. The molecule has 0 amide bonds. The minimum atomic E-state index is -0.880. The van der Waals surface area contributed by atoms with Gasteiger partial charge in [0.25, 0.3) is 0 Å². The highest BCUT2D eigenvalue weighted by Crippen LogP contribution is 2.31. The Bertz CT molecular complexity index is 811. The van der Waals surface area contributed by atoms with Gasteiger partial charge in [-0.3, -0.25) is 9.89 Å². The lowest BCUT2D eigenvalue weighted by molar-refractivity contribution is -0.137. The third-order valence-electron chi connectivity index (χ3n) is 3.10. The van der Waals surface area contributed by atoms with Crippen LogP contribution in [0.4, 0.5) is 0 Å². The molecule has 2 aromatic heterocycles. The fourth-order valence-corrected chi connectivity index (χ4v) is 2.46. The number of carboxylic acid groups (broad SMARTS) is 1. The van der Waals surface area contributed by atoms with Crippen molar-refractivity contribution in [2.75, 3.05) is 0 Å². The number of carboxylic acids is 1. The average Bonchev–Trinajstić information content (AvgIpc) is 3.04. The number of aromatic amines is 1. The molecule has 0 bridgehead atoms. The van der Waals surface area contributed by atoms with Crippen molar-refractivity contribution in [3.05, 3.63) is 34.6 Å². The summed E-state index contributed by atoms with van der Waals surface area (Å²) in [6, 6.07) is 3.36. The first kappa shape index (κ1) is 13.9. The number of nitrogens with zero attached hydrogens (tertiary/aromatic N) is 3. The first-order valence-corrected chi connectivity index (χ1v) is 6.88. The quantitative estimate of drug-likeness (QED) is 0.771. The molecule has 2 N–H and O–H groups in total. The number of imidazole rings is 1. The number of hydrogen-bond acceptors (Lipinski definition) is 3. The van der Waals surface area contributed by atoms with Gasteiger partial charge in [0.2, 0.25) is 0 Å². The molecule has 0 saturated carbocycles. The van der Waals surface area contributed by atoms with Gasteiger partial charge in [0.05, 0.1) is 39.3 Å². The molecule has 1 aromatic carbocycles. The van der Waals surface area contributed by atoms with E-state index in [1.54, 1.807) is 29.1 Å². The average molecular weight is 325 g/mol. The van der Waals surface area contributed by atoms with E-state index in [2.05, 4.69) is 15.2 Å². The van der Waals surface area contributed by atoms with Crippen LogP contribution in [0.5, 0.6) is 0 Å². The van der Waals surface area contributed by atoms with Gasteiger partial charge in [0.1, 0.15) is 5.82 Å². The topological polar surface area (TPSA) is 83.8 Å². The maximum Gasteiger partial charge on any atom is 0.305 e. The maximum absolute atomic E-state index is 10.9. The number of aliphatic carboxylic acids is 1. The maximum atomic E-state index is 10.9. The lowest BCUT2D eigenvalue weighted by Crippen LogP contribution is -2.05. The molecule has 0 fully saturated rings. The molecule has 108 valence electrons. The Hall–Kier alpha value is -2.05. The number of fused-ring (bicyclic) bond motifs is 1. The van der Waals surface area contributed by atoms with E-state index < -0.39 is 5.97 Å². The van der Waals surface area contributed by atoms with Crippen LogP contribution >= 0.6 is 23.2 Å². The van der Waals surface area contributed by atoms with Gasteiger partial charge in [0.15, 0.2) is 0 Å². The van der Waals surface area contributed by atoms with Crippen LogP contribution in [0.1, 0.15) is 6.42 Å². The van der Waals surface area contributed by atoms with Crippen LogP contribution in [-0.2, 0) is 11.3 Å². The molecule has 0 saturated heterocycles. The lowest BCUT2D eigenvalue weighted by Gasteiger charge is -2.06. The SMILES string of the molecule is O=C(O)CCn1c(-c2cn[nH]c2)nc2cc(Cl)c(Cl)cc21. The minimum Gasteiger partial charge on any atom is -0.481 e. The number of carbonyl (C=O) groups is 1. The van der Waals surface area contributed by atoms with E-state index >= 15 is 0 Å². The molecule has 0 radical (unpaired) electrons. The Balaban J connectivity index is 2.20. The van der Waals surface area contributed by atoms with Gasteiger partial charge >= 0.3 is 5.97 Å². The summed E-state index contributed by atoms with van der Waals surface area (Å²) in [7, 11) is 0. The van der Waals surface area contributed by atoms with Gasteiger partial charge in [0, 0.05) is 12.7 Å². The van der Waals surface area contributed by atoms with Gasteiger partial charge in [-0.05, 0) is 12.1 Å². The van der Waals surface area contributed by atoms with Gasteiger partial charge in [-0.1, -0.05) is 23.2 Å². The van der Waals surface area contributed by atoms with Crippen LogP contribution in [0.25, 0.3) is 22.4 Å². The number of halogens is 2. The van der Waals surface area contributed by atoms with Crippen LogP contribution in [0.3, 0.4) is 0 Å². The molecule has 21 heavy (non-hydrogen) atoms. The van der Waals surface area contributed by atoms with Crippen molar-refractivity contribution in [1.82, 2.24) is 19.7 Å². The van der Waals surface area contributed by atoms with Crippen molar-refractivity contribution in [2.45, 2.75) is 13.0 Å². The third-order valence-corrected chi connectivity index (χ3v) is 3.82. The molecule has 0 aliphatic rings. The first-order valence-electron chi connectivity index (χ1n) is 6.12. The van der Waals surface area contributed by atoms with Gasteiger partial charge in [-0.15, -0.1) is 0 Å². The summed E-state index contributed by atoms with van der Waals surface area (Å²) in [4.78, 5) is 15.4. The number of aromatic nitrogens is 4. The fraction of sp³-hybridized carbons (Fsp3) is 0.154. The Morgan fingerprint density at radius 3 is 2.76 bits per heavy atom. The van der Waals surface area contributed by atoms with Crippen molar-refractivity contribution in [3.63, 3.8) is 0 Å². The van der Waals surface area contributed by atoms with Gasteiger partial charge in [-0.2, -0.15) is 5.10 Å². The Kier molecular flexibility index (Phi) is 3.57. The van der Waals surface area contributed by atoms with E-state index in [0.29, 0.717) is 21.4 Å². The van der Waals surface area contributed by atoms with Crippen molar-refractivity contribution in [2.24, 2.45) is 0 Å². The van der Waals surface area contributed by atoms with E-state index in [-0.39, 0.29) is 13.0 Å². The summed E-state index contributed by atoms with van der Waals surface area (Å²) >= 11 is 12.1. The predicted octanol–water partition coefficient (Wildman–Crippen LogP) is 3.21. The van der Waals surface area contributed by atoms with Crippen LogP contribution in [0.15, 0.2) is 24.5 Å². The molecule has 8 heteroatoms. The summed E-state index contributed by atoms with van der Waals surface area (Å²) in [5.74, 6) is -0.256. The predicted molar refractivity (Wildman–Crippen MR) is 79.6 cm³/mol. The third kappa shape index (κ3) is 2.59. The molecule has 0 unspecified atom stereocenters. The molecule has 3 rings (SSSR count). The van der Waals surface area contributed by atoms with Crippen molar-refractivity contribution in [3.8, 4) is 11.4 Å². The smallest absolute Gasteiger partial charge is 0.305 e. The normalized spacial score (nSPS) is 11.1. The number of rotatable bonds is 4. The van der Waals surface area contributed by atoms with Crippen LogP contribution < -0.4 is 0 Å². The molecule has 2 heterocycles. The number of benzene rings is 1. The second-order valence-corrected chi connectivity index (χ2v) is 5.29. The molecule has 0 aliphatic heterocycles. The van der Waals surface area contributed by atoms with E-state index in [9.17, 15) is 4.79 Å². The van der Waals surface area contributed by atoms with Crippen LogP contribution in [0, 0.1) is 0 Å². The standard InChI is InChI=1S/C13H10Cl2N4O2/c14-8-3-10-11(4-9(8)15)19(2-1-12(20)21)13(18-10)7-5-16-17-6-7/h3-6H,1-2H2,(H,16,17)(H,20,21). The number of nitrogens with one attached hydrogen (secondary N) is 1. The van der Waals surface area contributed by atoms with E-state index in [0.717, 1.165) is 11.1 Å². The van der Waals surface area contributed by atoms with Crippen LogP contribution in [0.2, 0.25) is 10.0 Å². The van der Waals surface area contributed by atoms with Crippen LogP contribution in [-0.4, -0.2) is 30.8 Å². The molecule has 0 aliphatic carbocycles. The molecular weight excluding hydrogens is 315 g/mol. The van der Waals surface area contributed by atoms with Crippen molar-refractivity contribution < 1.29 is 9.90 Å². The van der Waals surface area contributed by atoms with E-state index in [1.807, 2.05) is 0 Å². The highest BCUT2D eigenvalue weighted by molar-refractivity contribution is 6.42. The number of H-pyrrole nitrogens is 1. The van der Waals surface area contributed by atoms with Gasteiger partial charge < -0.3 is 9.67 Å². The lowest BCUT2D eigenvalue weighted by atomic mass is 10.3. The number of hydrogen-bond donors (Lipinski definition) is 2. The van der Waals surface area contributed by atoms with E-state index in [4.69, 9.17) is 28.3 Å². The Morgan fingerprint density at radius 1 is 1.33 bits per heavy atom. The zero-order valence-electron chi connectivity index (χ0n) is 10.7. The second kappa shape index (κ2) is 5.38. The number of aryl methyl sites for hydroxylation is 1. The summed E-state index contributed by atoms with van der Waals surface area (Å²) in [5.41, 5.74) is 2.16. The zero-order valence-corrected chi connectivity index (χ0v) is 12.2. The summed E-state index contributed by atoms with van der Waals surface area (Å²) in [6.45, 7) is 0.282. The van der Waals surface area contributed by atoms with Crippen molar-refractivity contribution >= 4 is 40.2 Å². The van der Waals surface area contributed by atoms with Gasteiger partial charge in [-0.25, -0.2) is 4.98 Å². The molecule has 0 atom stereocenters. The first-order chi connectivity index (χ1) is 10.1. The fourth-order valence-electron chi connectivity index (χ4n) is 2.15. The summed E-state index contributed by atoms with van der Waals surface area (Å²) in [5, 5.41) is 16.3. The monoisotopic (exact) mass is 324 g/mol. The Labute approximate surface area is 129 Å². The largest absolute Gasteiger partial charge is 0.481 e.